The minimum absolute atomic E-state index is 0.0988. The molecule has 3 aromatic carbocycles. The van der Waals surface area contributed by atoms with Crippen LogP contribution in [0.4, 0.5) is 5.69 Å². The summed E-state index contributed by atoms with van der Waals surface area (Å²) in [6.07, 6.45) is 2.77. The van der Waals surface area contributed by atoms with Crippen LogP contribution in [0.3, 0.4) is 0 Å². The Morgan fingerprint density at radius 3 is 2.67 bits per heavy atom. The maximum Gasteiger partial charge on any atom is 0.234 e. The van der Waals surface area contributed by atoms with E-state index in [1.165, 1.54) is 17.3 Å². The van der Waals surface area contributed by atoms with Crippen molar-refractivity contribution in [3.05, 3.63) is 90.8 Å². The van der Waals surface area contributed by atoms with Gasteiger partial charge in [0, 0.05) is 17.6 Å². The molecule has 0 fully saturated rings. The molecular weight excluding hydrogens is 432 g/mol. The van der Waals surface area contributed by atoms with Crippen molar-refractivity contribution in [2.24, 2.45) is 0 Å². The fraction of sp³-hybridized carbons (Fsp3) is 0.192. The van der Waals surface area contributed by atoms with E-state index >= 15 is 0 Å². The van der Waals surface area contributed by atoms with Crippen LogP contribution in [0.25, 0.3) is 10.8 Å². The van der Waals surface area contributed by atoms with Crippen LogP contribution in [-0.4, -0.2) is 26.4 Å². The Kier molecular flexibility index (Phi) is 7.42. The number of nitrogens with one attached hydrogen (secondary N) is 1. The third-order valence-corrected chi connectivity index (χ3v) is 6.17. The summed E-state index contributed by atoms with van der Waals surface area (Å²) < 4.78 is 7.81. The van der Waals surface area contributed by atoms with E-state index in [-0.39, 0.29) is 18.3 Å². The maximum absolute atomic E-state index is 12.6. The van der Waals surface area contributed by atoms with Crippen molar-refractivity contribution in [1.29, 1.82) is 0 Å². The van der Waals surface area contributed by atoms with Crippen molar-refractivity contribution in [3.8, 4) is 5.75 Å². The quantitative estimate of drug-likeness (QED) is 0.251. The molecule has 1 heterocycles. The Morgan fingerprint density at radius 1 is 1.09 bits per heavy atom. The van der Waals surface area contributed by atoms with Gasteiger partial charge in [-0.3, -0.25) is 9.36 Å². The first-order valence-corrected chi connectivity index (χ1v) is 11.8. The predicted molar refractivity (Wildman–Crippen MR) is 134 cm³/mol. The highest BCUT2D eigenvalue weighted by molar-refractivity contribution is 7.99. The van der Waals surface area contributed by atoms with Crippen LogP contribution in [-0.2, 0) is 24.4 Å². The normalized spacial score (nSPS) is 10.8. The molecule has 4 rings (SSSR count). The largest absolute Gasteiger partial charge is 0.486 e. The van der Waals surface area contributed by atoms with Gasteiger partial charge in [-0.25, -0.2) is 0 Å². The fourth-order valence-electron chi connectivity index (χ4n) is 3.47. The number of fused-ring (bicyclic) bond motifs is 1. The van der Waals surface area contributed by atoms with Gasteiger partial charge < -0.3 is 10.1 Å². The third-order valence-electron chi connectivity index (χ3n) is 5.20. The minimum Gasteiger partial charge on any atom is -0.486 e. The van der Waals surface area contributed by atoms with Crippen molar-refractivity contribution in [1.82, 2.24) is 14.8 Å². The summed E-state index contributed by atoms with van der Waals surface area (Å²) >= 11 is 1.34. The molecule has 0 saturated heterocycles. The van der Waals surface area contributed by atoms with E-state index in [2.05, 4.69) is 41.1 Å². The Balaban J connectivity index is 1.39. The van der Waals surface area contributed by atoms with Gasteiger partial charge in [0.05, 0.1) is 5.75 Å². The molecule has 1 amide bonds. The molecule has 6 nitrogen and oxygen atoms in total. The molecule has 4 aromatic rings. The van der Waals surface area contributed by atoms with E-state index in [1.54, 1.807) is 6.08 Å². The standard InChI is InChI=1S/C26H26N4O2S/c1-3-16-30-24(17-32-21-14-12-19(4-2)13-15-21)28-29-26(30)33-18-25(31)27-23-11-7-9-20-8-5-6-10-22(20)23/h3,5-15H,1,4,16-18H2,2H3,(H,27,31). The van der Waals surface area contributed by atoms with E-state index in [0.29, 0.717) is 17.5 Å². The Bertz CT molecular complexity index is 1250. The molecule has 168 valence electrons. The molecule has 7 heteroatoms. The molecular formula is C26H26N4O2S. The van der Waals surface area contributed by atoms with Crippen LogP contribution in [0.2, 0.25) is 0 Å². The van der Waals surface area contributed by atoms with Crippen LogP contribution >= 0.6 is 11.8 Å². The van der Waals surface area contributed by atoms with Crippen LogP contribution < -0.4 is 10.1 Å². The summed E-state index contributed by atoms with van der Waals surface area (Å²) in [5, 5.41) is 14.3. The van der Waals surface area contributed by atoms with Crippen LogP contribution in [0.5, 0.6) is 5.75 Å². The van der Waals surface area contributed by atoms with Crippen LogP contribution in [0.15, 0.2) is 84.5 Å². The second-order valence-corrected chi connectivity index (χ2v) is 8.39. The molecule has 33 heavy (non-hydrogen) atoms. The lowest BCUT2D eigenvalue weighted by atomic mass is 10.1. The number of ether oxygens (including phenoxy) is 1. The predicted octanol–water partition coefficient (Wildman–Crippen LogP) is 5.49. The smallest absolute Gasteiger partial charge is 0.234 e. The highest BCUT2D eigenvalue weighted by atomic mass is 32.2. The Labute approximate surface area is 197 Å². The summed E-state index contributed by atoms with van der Waals surface area (Å²) in [6, 6.07) is 21.9. The molecule has 0 radical (unpaired) electrons. The number of rotatable bonds is 10. The zero-order valence-corrected chi connectivity index (χ0v) is 19.3. The first-order chi connectivity index (χ1) is 16.2. The number of anilines is 1. The Hall–Kier alpha value is -3.58. The number of allylic oxidation sites excluding steroid dienone is 1. The summed E-state index contributed by atoms with van der Waals surface area (Å²) in [4.78, 5) is 12.6. The van der Waals surface area contributed by atoms with Gasteiger partial charge in [0.25, 0.3) is 0 Å². The molecule has 0 bridgehead atoms. The van der Waals surface area contributed by atoms with Gasteiger partial charge in [0.1, 0.15) is 12.4 Å². The molecule has 0 aliphatic rings. The summed E-state index contributed by atoms with van der Waals surface area (Å²) in [5.41, 5.74) is 2.06. The highest BCUT2D eigenvalue weighted by Gasteiger charge is 2.15. The van der Waals surface area contributed by atoms with Crippen molar-refractivity contribution in [3.63, 3.8) is 0 Å². The van der Waals surface area contributed by atoms with Crippen molar-refractivity contribution in [2.75, 3.05) is 11.1 Å². The lowest BCUT2D eigenvalue weighted by Crippen LogP contribution is -2.15. The molecule has 0 spiro atoms. The molecule has 0 unspecified atom stereocenters. The number of thioether (sulfide) groups is 1. The van der Waals surface area contributed by atoms with Gasteiger partial charge in [0.15, 0.2) is 11.0 Å². The number of amides is 1. The van der Waals surface area contributed by atoms with Crippen molar-refractivity contribution in [2.45, 2.75) is 31.7 Å². The summed E-state index contributed by atoms with van der Waals surface area (Å²) in [5.74, 6) is 1.59. The molecule has 0 atom stereocenters. The van der Waals surface area contributed by atoms with Crippen molar-refractivity contribution >= 4 is 34.1 Å². The number of carbonyl (C=O) groups is 1. The topological polar surface area (TPSA) is 69.0 Å². The fourth-order valence-corrected chi connectivity index (χ4v) is 4.23. The summed E-state index contributed by atoms with van der Waals surface area (Å²) in [7, 11) is 0. The van der Waals surface area contributed by atoms with E-state index < -0.39 is 0 Å². The summed E-state index contributed by atoms with van der Waals surface area (Å²) in [6.45, 7) is 6.77. The monoisotopic (exact) mass is 458 g/mol. The number of aromatic nitrogens is 3. The lowest BCUT2D eigenvalue weighted by molar-refractivity contribution is -0.113. The first kappa shape index (κ1) is 22.6. The average Bonchev–Trinajstić information content (AvgIpc) is 3.23. The van der Waals surface area contributed by atoms with Gasteiger partial charge in [0.2, 0.25) is 5.91 Å². The molecule has 0 saturated carbocycles. The average molecular weight is 459 g/mol. The molecule has 0 aliphatic heterocycles. The van der Waals surface area contributed by atoms with Gasteiger partial charge in [-0.05, 0) is 35.6 Å². The van der Waals surface area contributed by atoms with Gasteiger partial charge in [-0.2, -0.15) is 0 Å². The number of benzene rings is 3. The number of nitrogens with zero attached hydrogens (tertiary/aromatic N) is 3. The maximum atomic E-state index is 12.6. The molecule has 1 aromatic heterocycles. The highest BCUT2D eigenvalue weighted by Crippen LogP contribution is 2.24. The Morgan fingerprint density at radius 2 is 1.88 bits per heavy atom. The van der Waals surface area contributed by atoms with Crippen LogP contribution in [0.1, 0.15) is 18.3 Å². The first-order valence-electron chi connectivity index (χ1n) is 10.8. The van der Waals surface area contributed by atoms with Crippen LogP contribution in [0, 0.1) is 0 Å². The molecule has 1 N–H and O–H groups in total. The van der Waals surface area contributed by atoms with Gasteiger partial charge in [-0.15, -0.1) is 16.8 Å². The second-order valence-electron chi connectivity index (χ2n) is 7.45. The van der Waals surface area contributed by atoms with E-state index in [4.69, 9.17) is 4.74 Å². The van der Waals surface area contributed by atoms with E-state index in [9.17, 15) is 4.79 Å². The zero-order chi connectivity index (χ0) is 23.0. The zero-order valence-electron chi connectivity index (χ0n) is 18.5. The number of hydrogen-bond acceptors (Lipinski definition) is 5. The third kappa shape index (κ3) is 5.62. The SMILES string of the molecule is C=CCn1c(COc2ccc(CC)cc2)nnc1SCC(=O)Nc1cccc2ccccc12. The lowest BCUT2D eigenvalue weighted by Gasteiger charge is -2.10. The van der Waals surface area contributed by atoms with E-state index in [0.717, 1.165) is 28.6 Å². The second kappa shape index (κ2) is 10.8. The minimum atomic E-state index is -0.0988. The number of hydrogen-bond donors (Lipinski definition) is 1. The van der Waals surface area contributed by atoms with E-state index in [1.807, 2.05) is 59.2 Å². The van der Waals surface area contributed by atoms with Gasteiger partial charge in [-0.1, -0.05) is 73.3 Å². The number of carbonyl (C=O) groups excluding carboxylic acids is 1. The van der Waals surface area contributed by atoms with Crippen molar-refractivity contribution < 1.29 is 9.53 Å². The number of aryl methyl sites for hydroxylation is 1. The molecule has 0 aliphatic carbocycles. The van der Waals surface area contributed by atoms with Gasteiger partial charge >= 0.3 is 0 Å².